The van der Waals surface area contributed by atoms with Gasteiger partial charge in [0.05, 0.1) is 0 Å². The van der Waals surface area contributed by atoms with Gasteiger partial charge in [0, 0.05) is 0 Å². The van der Waals surface area contributed by atoms with Gasteiger partial charge in [0.2, 0.25) is 0 Å². The quantitative estimate of drug-likeness (QED) is 0.397. The van der Waals surface area contributed by atoms with E-state index in [4.69, 9.17) is 5.10 Å². The number of nitrogens with zero attached hydrogens (tertiary/aromatic N) is 2. The van der Waals surface area contributed by atoms with Crippen LogP contribution in [0.25, 0.3) is 10.9 Å². The predicted molar refractivity (Wildman–Crippen MR) is 107 cm³/mol. The van der Waals surface area contributed by atoms with E-state index in [-0.39, 0.29) is 5.82 Å². The van der Waals surface area contributed by atoms with Gasteiger partial charge in [-0.05, 0) is 0 Å². The number of fused-ring (bicyclic) bond motifs is 1. The van der Waals surface area contributed by atoms with E-state index >= 15 is 0 Å². The van der Waals surface area contributed by atoms with Crippen molar-refractivity contribution in [2.75, 3.05) is 0 Å². The van der Waals surface area contributed by atoms with Crippen LogP contribution in [-0.4, -0.2) is 30.9 Å². The fourth-order valence-corrected chi connectivity index (χ4v) is 9.26. The third kappa shape index (κ3) is 5.45. The summed E-state index contributed by atoms with van der Waals surface area (Å²) < 4.78 is 17.4. The Bertz CT molecular complexity index is 643. The number of aromatic nitrogens is 2. The van der Waals surface area contributed by atoms with Crippen LogP contribution in [0.5, 0.6) is 0 Å². The van der Waals surface area contributed by atoms with Gasteiger partial charge >= 0.3 is 163 Å². The molecule has 0 spiro atoms. The molecule has 0 saturated carbocycles. The van der Waals surface area contributed by atoms with Crippen molar-refractivity contribution in [3.8, 4) is 0 Å². The first kappa shape index (κ1) is 20.7. The van der Waals surface area contributed by atoms with Crippen LogP contribution in [0, 0.1) is 5.82 Å². The Hall–Kier alpha value is -0.581. The summed E-state index contributed by atoms with van der Waals surface area (Å²) in [5, 5.41) is 6.06. The summed E-state index contributed by atoms with van der Waals surface area (Å²) in [6.07, 6.45) is 11.9. The first-order valence-electron chi connectivity index (χ1n) is 9.95. The molecule has 0 saturated heterocycles. The average Bonchev–Trinajstić information content (AvgIpc) is 2.91. The molecule has 138 valence electrons. The Morgan fingerprint density at radius 3 is 2.08 bits per heavy atom. The number of benzene rings is 1. The number of rotatable bonds is 11. The van der Waals surface area contributed by atoms with Crippen LogP contribution in [0.1, 0.15) is 78.6 Å². The van der Waals surface area contributed by atoms with Gasteiger partial charge in [0.15, 0.2) is 0 Å². The molecule has 0 bridgehead atoms. The van der Waals surface area contributed by atoms with E-state index in [0.717, 1.165) is 5.52 Å². The van der Waals surface area contributed by atoms with Crippen LogP contribution < -0.4 is 3.71 Å². The summed E-state index contributed by atoms with van der Waals surface area (Å²) in [4.78, 5) is 0. The Labute approximate surface area is 162 Å². The molecule has 1 aromatic heterocycles. The fourth-order valence-electron chi connectivity index (χ4n) is 3.68. The van der Waals surface area contributed by atoms with Gasteiger partial charge in [0.1, 0.15) is 0 Å². The van der Waals surface area contributed by atoms with Crippen molar-refractivity contribution in [2.24, 2.45) is 7.05 Å². The van der Waals surface area contributed by atoms with Crippen molar-refractivity contribution in [3.05, 3.63) is 24.0 Å². The molecular formula is C21H33FN2Sn. The molecule has 0 amide bonds. The summed E-state index contributed by atoms with van der Waals surface area (Å²) in [5.74, 6) is -0.165. The molecule has 25 heavy (non-hydrogen) atoms. The number of aryl methyl sites for hydroxylation is 1. The minimum atomic E-state index is -0.882. The monoisotopic (exact) mass is 452 g/mol. The van der Waals surface area contributed by atoms with Crippen molar-refractivity contribution >= 4 is 35.8 Å². The molecule has 2 radical (unpaired) electrons. The van der Waals surface area contributed by atoms with Crippen LogP contribution in [0.2, 0.25) is 3.43 Å². The topological polar surface area (TPSA) is 17.8 Å². The Morgan fingerprint density at radius 2 is 1.56 bits per heavy atom. The van der Waals surface area contributed by atoms with E-state index in [0.29, 0.717) is 3.43 Å². The maximum absolute atomic E-state index is 13.6. The zero-order valence-electron chi connectivity index (χ0n) is 16.4. The summed E-state index contributed by atoms with van der Waals surface area (Å²) in [6.45, 7) is 6.90. The van der Waals surface area contributed by atoms with E-state index < -0.39 is 21.1 Å². The molecule has 2 rings (SSSR count). The Kier molecular flexibility index (Phi) is 8.24. The average molecular weight is 451 g/mol. The zero-order valence-corrected chi connectivity index (χ0v) is 19.2. The summed E-state index contributed by atoms with van der Waals surface area (Å²) in [6, 6.07) is 5.19. The molecule has 1 aromatic carbocycles. The van der Waals surface area contributed by atoms with E-state index in [1.807, 2.05) is 17.8 Å². The number of halogens is 1. The van der Waals surface area contributed by atoms with Crippen LogP contribution in [0.4, 0.5) is 4.39 Å². The standard InChI is InChI=1S/C13H27.C8H6FN2.Sn/c1-4-7-10-13(11-8-5-2)12-9-6-3;1-11-8-4-7(9)3-2-6(8)5-10-11;/h4-12H2,1-3H3;2-4H,1H3;. The van der Waals surface area contributed by atoms with Crippen molar-refractivity contribution in [3.63, 3.8) is 0 Å². The second-order valence-corrected chi connectivity index (χ2v) is 12.4. The van der Waals surface area contributed by atoms with Crippen LogP contribution in [0.3, 0.4) is 0 Å². The molecule has 2 aromatic rings. The van der Waals surface area contributed by atoms with Crippen molar-refractivity contribution in [1.29, 1.82) is 0 Å². The van der Waals surface area contributed by atoms with Gasteiger partial charge in [-0.3, -0.25) is 0 Å². The fraction of sp³-hybridized carbons (Fsp3) is 0.667. The van der Waals surface area contributed by atoms with E-state index in [9.17, 15) is 4.39 Å². The van der Waals surface area contributed by atoms with Gasteiger partial charge in [-0.15, -0.1) is 0 Å². The van der Waals surface area contributed by atoms with Crippen molar-refractivity contribution < 1.29 is 4.39 Å². The SMILES string of the molecule is CCCC[C](CCCC)(CCCC)[Sn][c]1nn(C)c2cc(F)ccc12. The molecule has 0 N–H and O–H groups in total. The Morgan fingerprint density at radius 1 is 1.00 bits per heavy atom. The first-order valence-corrected chi connectivity index (χ1v) is 12.8. The third-order valence-corrected chi connectivity index (χ3v) is 10.6. The number of hydrogen-bond donors (Lipinski definition) is 0. The van der Waals surface area contributed by atoms with Gasteiger partial charge < -0.3 is 0 Å². The second-order valence-electron chi connectivity index (χ2n) is 7.35. The summed E-state index contributed by atoms with van der Waals surface area (Å²) >= 11 is -0.882. The molecule has 2 nitrogen and oxygen atoms in total. The van der Waals surface area contributed by atoms with Crippen LogP contribution in [0.15, 0.2) is 18.2 Å². The van der Waals surface area contributed by atoms with Gasteiger partial charge in [-0.1, -0.05) is 0 Å². The molecule has 0 aliphatic heterocycles. The predicted octanol–water partition coefficient (Wildman–Crippen LogP) is 5.77. The van der Waals surface area contributed by atoms with Gasteiger partial charge in [-0.2, -0.15) is 0 Å². The second kappa shape index (κ2) is 9.94. The molecule has 0 aliphatic rings. The maximum atomic E-state index is 13.6. The molecule has 0 fully saturated rings. The minimum absolute atomic E-state index is 0.165. The van der Waals surface area contributed by atoms with Crippen LogP contribution >= 0.6 is 0 Å². The normalized spacial score (nSPS) is 12.2. The van der Waals surface area contributed by atoms with Crippen molar-refractivity contribution in [1.82, 2.24) is 9.78 Å². The zero-order chi connectivity index (χ0) is 18.3. The molecule has 0 unspecified atom stereocenters. The third-order valence-electron chi connectivity index (χ3n) is 5.22. The van der Waals surface area contributed by atoms with E-state index in [1.54, 1.807) is 12.1 Å². The van der Waals surface area contributed by atoms with Crippen molar-refractivity contribution in [2.45, 2.75) is 82.0 Å². The molecule has 0 atom stereocenters. The number of unbranched alkanes of at least 4 members (excludes halogenated alkanes) is 3. The number of hydrogen-bond acceptors (Lipinski definition) is 1. The van der Waals surface area contributed by atoms with E-state index in [1.165, 1.54) is 66.9 Å². The molecule has 4 heteroatoms. The van der Waals surface area contributed by atoms with Crippen LogP contribution in [-0.2, 0) is 7.05 Å². The Balaban J connectivity index is 2.36. The summed E-state index contributed by atoms with van der Waals surface area (Å²) in [7, 11) is 1.95. The van der Waals surface area contributed by atoms with E-state index in [2.05, 4.69) is 20.8 Å². The molecular weight excluding hydrogens is 418 g/mol. The van der Waals surface area contributed by atoms with Gasteiger partial charge in [-0.25, -0.2) is 0 Å². The first-order chi connectivity index (χ1) is 12.0. The molecule has 1 heterocycles. The molecule has 0 aliphatic carbocycles. The summed E-state index contributed by atoms with van der Waals surface area (Å²) in [5.41, 5.74) is 0.950. The van der Waals surface area contributed by atoms with Gasteiger partial charge in [0.25, 0.3) is 0 Å².